The summed E-state index contributed by atoms with van der Waals surface area (Å²) >= 11 is 1.47. The Balaban J connectivity index is 1.43. The third-order valence-corrected chi connectivity index (χ3v) is 7.62. The number of fused-ring (bicyclic) bond motifs is 3. The normalized spacial score (nSPS) is 30.7. The maximum Gasteiger partial charge on any atom is 0.310 e. The van der Waals surface area contributed by atoms with Gasteiger partial charge in [0.25, 0.3) is 5.91 Å². The quantitative estimate of drug-likeness (QED) is 0.699. The zero-order chi connectivity index (χ0) is 19.4. The van der Waals surface area contributed by atoms with Crippen LogP contribution in [-0.4, -0.2) is 41.1 Å². The second-order valence-corrected chi connectivity index (χ2v) is 9.44. The van der Waals surface area contributed by atoms with Gasteiger partial charge in [0.05, 0.1) is 29.6 Å². The lowest BCUT2D eigenvalue weighted by Gasteiger charge is -2.23. The van der Waals surface area contributed by atoms with Gasteiger partial charge in [0.2, 0.25) is 5.91 Å². The van der Waals surface area contributed by atoms with Crippen molar-refractivity contribution in [1.82, 2.24) is 5.32 Å². The van der Waals surface area contributed by atoms with Crippen molar-refractivity contribution in [2.75, 3.05) is 5.32 Å². The molecule has 150 valence electrons. The summed E-state index contributed by atoms with van der Waals surface area (Å²) in [6.45, 7) is 0. The van der Waals surface area contributed by atoms with Gasteiger partial charge in [-0.3, -0.25) is 14.4 Å². The predicted molar refractivity (Wildman–Crippen MR) is 103 cm³/mol. The first kappa shape index (κ1) is 18.1. The SMILES string of the molecule is O=C(NC1CC1)c1c(NC(=O)[C@@H]2[C@H](C(=O)O)[C@H]3CC[C@H]2O3)sc2c1CCCC2. The molecule has 0 spiro atoms. The summed E-state index contributed by atoms with van der Waals surface area (Å²) in [4.78, 5) is 38.8. The van der Waals surface area contributed by atoms with Crippen LogP contribution in [0.25, 0.3) is 0 Å². The number of carboxylic acids is 1. The van der Waals surface area contributed by atoms with Gasteiger partial charge in [0, 0.05) is 10.9 Å². The molecule has 1 aromatic heterocycles. The zero-order valence-electron chi connectivity index (χ0n) is 15.5. The highest BCUT2D eigenvalue weighted by atomic mass is 32.1. The van der Waals surface area contributed by atoms with E-state index in [0.717, 1.165) is 44.1 Å². The van der Waals surface area contributed by atoms with Crippen LogP contribution in [0.3, 0.4) is 0 Å². The lowest BCUT2D eigenvalue weighted by Crippen LogP contribution is -2.41. The minimum atomic E-state index is -0.982. The monoisotopic (exact) mass is 404 g/mol. The minimum Gasteiger partial charge on any atom is -0.481 e. The smallest absolute Gasteiger partial charge is 0.310 e. The molecule has 8 heteroatoms. The van der Waals surface area contributed by atoms with Gasteiger partial charge in [0.1, 0.15) is 5.00 Å². The Hall–Kier alpha value is -1.93. The molecule has 4 atom stereocenters. The average molecular weight is 404 g/mol. The first-order valence-corrected chi connectivity index (χ1v) is 11.0. The highest BCUT2D eigenvalue weighted by Crippen LogP contribution is 2.45. The maximum absolute atomic E-state index is 13.1. The van der Waals surface area contributed by atoms with Crippen molar-refractivity contribution in [2.45, 2.75) is 69.6 Å². The second-order valence-electron chi connectivity index (χ2n) is 8.33. The molecule has 3 heterocycles. The number of nitrogens with one attached hydrogen (secondary N) is 2. The fourth-order valence-corrected chi connectivity index (χ4v) is 6.19. The van der Waals surface area contributed by atoms with Gasteiger partial charge in [-0.1, -0.05) is 0 Å². The Morgan fingerprint density at radius 2 is 1.71 bits per heavy atom. The molecule has 1 aromatic rings. The van der Waals surface area contributed by atoms with Crippen molar-refractivity contribution in [3.05, 3.63) is 16.0 Å². The Kier molecular flexibility index (Phi) is 4.43. The van der Waals surface area contributed by atoms with Crippen molar-refractivity contribution < 1.29 is 24.2 Å². The van der Waals surface area contributed by atoms with Gasteiger partial charge >= 0.3 is 5.97 Å². The number of aryl methyl sites for hydroxylation is 1. The van der Waals surface area contributed by atoms with Crippen LogP contribution in [0, 0.1) is 11.8 Å². The Morgan fingerprint density at radius 3 is 2.43 bits per heavy atom. The number of carbonyl (C=O) groups is 3. The van der Waals surface area contributed by atoms with E-state index in [2.05, 4.69) is 10.6 Å². The Morgan fingerprint density at radius 1 is 1.00 bits per heavy atom. The number of hydrogen-bond donors (Lipinski definition) is 3. The number of rotatable bonds is 5. The summed E-state index contributed by atoms with van der Waals surface area (Å²) in [5.74, 6) is -2.94. The topological polar surface area (TPSA) is 105 Å². The molecule has 28 heavy (non-hydrogen) atoms. The molecule has 2 saturated heterocycles. The molecule has 5 rings (SSSR count). The maximum atomic E-state index is 13.1. The molecule has 0 radical (unpaired) electrons. The first-order chi connectivity index (χ1) is 13.5. The molecule has 4 aliphatic rings. The lowest BCUT2D eigenvalue weighted by molar-refractivity contribution is -0.147. The number of ether oxygens (including phenoxy) is 1. The van der Waals surface area contributed by atoms with Crippen LogP contribution in [-0.2, 0) is 27.2 Å². The van der Waals surface area contributed by atoms with E-state index in [0.29, 0.717) is 23.4 Å². The van der Waals surface area contributed by atoms with Crippen molar-refractivity contribution in [1.29, 1.82) is 0 Å². The van der Waals surface area contributed by atoms with Crippen LogP contribution in [0.5, 0.6) is 0 Å². The van der Waals surface area contributed by atoms with Gasteiger partial charge in [-0.2, -0.15) is 0 Å². The fourth-order valence-electron chi connectivity index (χ4n) is 4.90. The Labute approximate surface area is 166 Å². The van der Waals surface area contributed by atoms with Crippen molar-refractivity contribution in [3.8, 4) is 0 Å². The number of aliphatic carboxylic acids is 1. The number of amides is 2. The summed E-state index contributed by atoms with van der Waals surface area (Å²) in [6.07, 6.45) is 6.59. The predicted octanol–water partition coefficient (Wildman–Crippen LogP) is 2.34. The molecular formula is C20H24N2O5S. The van der Waals surface area contributed by atoms with Gasteiger partial charge in [-0.05, 0) is 56.9 Å². The third kappa shape index (κ3) is 3.03. The molecule has 2 bridgehead atoms. The van der Waals surface area contributed by atoms with Crippen LogP contribution in [0.2, 0.25) is 0 Å². The molecule has 2 aliphatic carbocycles. The summed E-state index contributed by atoms with van der Waals surface area (Å²) in [5, 5.41) is 16.1. The van der Waals surface area contributed by atoms with Crippen molar-refractivity contribution >= 4 is 34.1 Å². The minimum absolute atomic E-state index is 0.115. The fraction of sp³-hybridized carbons (Fsp3) is 0.650. The lowest BCUT2D eigenvalue weighted by atomic mass is 9.78. The van der Waals surface area contributed by atoms with Crippen LogP contribution >= 0.6 is 11.3 Å². The van der Waals surface area contributed by atoms with Crippen molar-refractivity contribution in [2.24, 2.45) is 11.8 Å². The largest absolute Gasteiger partial charge is 0.481 e. The van der Waals surface area contributed by atoms with Gasteiger partial charge in [-0.15, -0.1) is 11.3 Å². The second kappa shape index (κ2) is 6.84. The standard InChI is InChI=1S/C20H24N2O5S/c23-17(21-9-5-6-9)14-10-3-1-2-4-13(10)28-19(14)22-18(24)15-11-7-8-12(27-11)16(15)20(25)26/h9,11-12,15-16H,1-8H2,(H,21,23)(H,22,24)(H,25,26)/t11-,12-,15+,16-/m1/s1. The van der Waals surface area contributed by atoms with Crippen LogP contribution in [0.1, 0.15) is 59.3 Å². The molecule has 3 N–H and O–H groups in total. The molecule has 7 nitrogen and oxygen atoms in total. The molecular weight excluding hydrogens is 380 g/mol. The summed E-state index contributed by atoms with van der Waals surface area (Å²) in [5.41, 5.74) is 1.65. The van der Waals surface area contributed by atoms with Gasteiger partial charge in [0.15, 0.2) is 0 Å². The van der Waals surface area contributed by atoms with E-state index < -0.39 is 17.8 Å². The van der Waals surface area contributed by atoms with E-state index in [-0.39, 0.29) is 30.1 Å². The summed E-state index contributed by atoms with van der Waals surface area (Å²) in [6, 6.07) is 0.241. The van der Waals surface area contributed by atoms with E-state index in [1.165, 1.54) is 16.2 Å². The average Bonchev–Trinajstić information content (AvgIpc) is 3.10. The van der Waals surface area contributed by atoms with E-state index >= 15 is 0 Å². The van der Waals surface area contributed by atoms with Crippen LogP contribution in [0.4, 0.5) is 5.00 Å². The van der Waals surface area contributed by atoms with Gasteiger partial charge < -0.3 is 20.5 Å². The summed E-state index contributed by atoms with van der Waals surface area (Å²) < 4.78 is 5.72. The molecule has 0 aromatic carbocycles. The highest BCUT2D eigenvalue weighted by Gasteiger charge is 2.55. The zero-order valence-corrected chi connectivity index (χ0v) is 16.3. The van der Waals surface area contributed by atoms with E-state index in [4.69, 9.17) is 4.74 Å². The first-order valence-electron chi connectivity index (χ1n) is 10.2. The molecule has 3 fully saturated rings. The van der Waals surface area contributed by atoms with E-state index in [1.807, 2.05) is 0 Å². The molecule has 0 unspecified atom stereocenters. The van der Waals surface area contributed by atoms with Crippen molar-refractivity contribution in [3.63, 3.8) is 0 Å². The number of carbonyl (C=O) groups excluding carboxylic acids is 2. The van der Waals surface area contributed by atoms with Crippen LogP contribution in [0.15, 0.2) is 0 Å². The van der Waals surface area contributed by atoms with Gasteiger partial charge in [-0.25, -0.2) is 0 Å². The number of hydrogen-bond acceptors (Lipinski definition) is 5. The Bertz CT molecular complexity index is 846. The molecule has 1 saturated carbocycles. The van der Waals surface area contributed by atoms with E-state index in [1.54, 1.807) is 0 Å². The number of thiophene rings is 1. The van der Waals surface area contributed by atoms with Crippen LogP contribution < -0.4 is 10.6 Å². The highest BCUT2D eigenvalue weighted by molar-refractivity contribution is 7.17. The van der Waals surface area contributed by atoms with E-state index in [9.17, 15) is 19.5 Å². The number of anilines is 1. The number of carboxylic acid groups (broad SMARTS) is 1. The molecule has 2 amide bonds. The summed E-state index contributed by atoms with van der Waals surface area (Å²) in [7, 11) is 0. The third-order valence-electron chi connectivity index (χ3n) is 6.41. The molecule has 2 aliphatic heterocycles.